The summed E-state index contributed by atoms with van der Waals surface area (Å²) in [6, 6.07) is 12.6. The summed E-state index contributed by atoms with van der Waals surface area (Å²) < 4.78 is 0. The van der Waals surface area contributed by atoms with Crippen LogP contribution in [0.1, 0.15) is 25.8 Å². The third kappa shape index (κ3) is 5.58. The van der Waals surface area contributed by atoms with E-state index in [4.69, 9.17) is 5.11 Å². The molecule has 0 aliphatic carbocycles. The number of rotatable bonds is 8. The minimum atomic E-state index is -1.07. The summed E-state index contributed by atoms with van der Waals surface area (Å²) in [5, 5.41) is 16.2. The number of carboxylic acid groups (broad SMARTS) is 1. The number of amides is 2. The first-order chi connectivity index (χ1) is 12.4. The highest BCUT2D eigenvalue weighted by Gasteiger charge is 2.21. The molecule has 3 N–H and O–H groups in total. The van der Waals surface area contributed by atoms with Crippen LogP contribution in [0.15, 0.2) is 42.5 Å². The van der Waals surface area contributed by atoms with Gasteiger partial charge in [0.25, 0.3) is 0 Å². The van der Waals surface area contributed by atoms with Crippen molar-refractivity contribution in [3.63, 3.8) is 0 Å². The van der Waals surface area contributed by atoms with Crippen molar-refractivity contribution in [1.82, 2.24) is 10.6 Å². The molecule has 0 spiro atoms. The fourth-order valence-electron chi connectivity index (χ4n) is 2.80. The maximum atomic E-state index is 12.2. The Labute approximate surface area is 152 Å². The molecular weight excluding hydrogens is 332 g/mol. The topological polar surface area (TPSA) is 95.5 Å². The van der Waals surface area contributed by atoms with E-state index in [1.54, 1.807) is 0 Å². The van der Waals surface area contributed by atoms with Crippen molar-refractivity contribution in [2.24, 2.45) is 5.92 Å². The van der Waals surface area contributed by atoms with Gasteiger partial charge in [-0.25, -0.2) is 4.79 Å². The first-order valence-electron chi connectivity index (χ1n) is 8.62. The molecule has 0 aromatic heterocycles. The molecule has 0 aliphatic heterocycles. The van der Waals surface area contributed by atoms with E-state index < -0.39 is 17.9 Å². The molecule has 0 aliphatic rings. The van der Waals surface area contributed by atoms with Crippen molar-refractivity contribution < 1.29 is 19.5 Å². The largest absolute Gasteiger partial charge is 0.480 e. The third-order valence-corrected chi connectivity index (χ3v) is 4.02. The summed E-state index contributed by atoms with van der Waals surface area (Å²) in [5.74, 6) is -1.73. The smallest absolute Gasteiger partial charge is 0.326 e. The van der Waals surface area contributed by atoms with Gasteiger partial charge in [-0.2, -0.15) is 0 Å². The minimum absolute atomic E-state index is 0.136. The summed E-state index contributed by atoms with van der Waals surface area (Å²) in [4.78, 5) is 35.2. The molecule has 1 atom stereocenters. The van der Waals surface area contributed by atoms with Crippen molar-refractivity contribution in [2.75, 3.05) is 6.54 Å². The van der Waals surface area contributed by atoms with E-state index in [0.717, 1.165) is 16.3 Å². The van der Waals surface area contributed by atoms with Gasteiger partial charge in [-0.3, -0.25) is 9.59 Å². The van der Waals surface area contributed by atoms with Gasteiger partial charge in [-0.1, -0.05) is 56.3 Å². The van der Waals surface area contributed by atoms with Crippen LogP contribution in [0.3, 0.4) is 0 Å². The summed E-state index contributed by atoms with van der Waals surface area (Å²) in [6.07, 6.45) is 0.494. The Kier molecular flexibility index (Phi) is 6.72. The second kappa shape index (κ2) is 8.99. The van der Waals surface area contributed by atoms with E-state index in [-0.39, 0.29) is 24.8 Å². The van der Waals surface area contributed by atoms with Crippen LogP contribution >= 0.6 is 0 Å². The summed E-state index contributed by atoms with van der Waals surface area (Å²) in [5.41, 5.74) is 0.879. The van der Waals surface area contributed by atoms with Crippen molar-refractivity contribution >= 4 is 28.6 Å². The minimum Gasteiger partial charge on any atom is -0.480 e. The summed E-state index contributed by atoms with van der Waals surface area (Å²) >= 11 is 0. The van der Waals surface area contributed by atoms with Gasteiger partial charge in [0.15, 0.2) is 0 Å². The quantitative estimate of drug-likeness (QED) is 0.675. The molecular formula is C20H24N2O4. The lowest BCUT2D eigenvalue weighted by molar-refractivity contribution is -0.142. The first kappa shape index (κ1) is 19.4. The molecule has 2 aromatic rings. The number of nitrogens with one attached hydrogen (secondary N) is 2. The maximum Gasteiger partial charge on any atom is 0.326 e. The van der Waals surface area contributed by atoms with Gasteiger partial charge in [-0.05, 0) is 28.7 Å². The molecule has 2 aromatic carbocycles. The normalized spacial score (nSPS) is 12.0. The Balaban J connectivity index is 1.89. The second-order valence-corrected chi connectivity index (χ2v) is 6.68. The molecule has 0 saturated heterocycles. The van der Waals surface area contributed by atoms with Crippen LogP contribution in [-0.2, 0) is 20.8 Å². The van der Waals surface area contributed by atoms with Crippen LogP contribution in [-0.4, -0.2) is 35.5 Å². The molecule has 6 heteroatoms. The van der Waals surface area contributed by atoms with Crippen LogP contribution < -0.4 is 10.6 Å². The van der Waals surface area contributed by atoms with Gasteiger partial charge >= 0.3 is 5.97 Å². The summed E-state index contributed by atoms with van der Waals surface area (Å²) in [7, 11) is 0. The van der Waals surface area contributed by atoms with E-state index in [1.807, 2.05) is 56.3 Å². The molecule has 26 heavy (non-hydrogen) atoms. The molecule has 2 rings (SSSR count). The zero-order valence-corrected chi connectivity index (χ0v) is 15.0. The van der Waals surface area contributed by atoms with Crippen molar-refractivity contribution in [3.05, 3.63) is 48.0 Å². The zero-order valence-electron chi connectivity index (χ0n) is 15.0. The van der Waals surface area contributed by atoms with Crippen LogP contribution in [0, 0.1) is 5.92 Å². The molecule has 0 fully saturated rings. The van der Waals surface area contributed by atoms with E-state index in [9.17, 15) is 14.4 Å². The van der Waals surface area contributed by atoms with Crippen molar-refractivity contribution in [2.45, 2.75) is 32.7 Å². The monoisotopic (exact) mass is 356 g/mol. The summed E-state index contributed by atoms with van der Waals surface area (Å²) in [6.45, 7) is 3.52. The lowest BCUT2D eigenvalue weighted by Crippen LogP contribution is -2.46. The Bertz CT molecular complexity index is 796. The Hall–Kier alpha value is -2.89. The number of benzene rings is 2. The average Bonchev–Trinajstić information content (AvgIpc) is 2.59. The van der Waals surface area contributed by atoms with Gasteiger partial charge in [0.1, 0.15) is 6.04 Å². The van der Waals surface area contributed by atoms with Gasteiger partial charge in [-0.15, -0.1) is 0 Å². The van der Waals surface area contributed by atoms with Gasteiger partial charge in [0.05, 0.1) is 13.0 Å². The van der Waals surface area contributed by atoms with E-state index in [0.29, 0.717) is 6.42 Å². The number of hydrogen-bond acceptors (Lipinski definition) is 3. The van der Waals surface area contributed by atoms with Crippen LogP contribution in [0.25, 0.3) is 10.8 Å². The highest BCUT2D eigenvalue weighted by atomic mass is 16.4. The van der Waals surface area contributed by atoms with Crippen LogP contribution in [0.2, 0.25) is 0 Å². The molecule has 0 bridgehead atoms. The fourth-order valence-corrected chi connectivity index (χ4v) is 2.80. The first-order valence-corrected chi connectivity index (χ1v) is 8.62. The molecule has 0 saturated carbocycles. The van der Waals surface area contributed by atoms with Crippen molar-refractivity contribution in [3.8, 4) is 0 Å². The van der Waals surface area contributed by atoms with Gasteiger partial charge in [0.2, 0.25) is 11.8 Å². The van der Waals surface area contributed by atoms with Crippen LogP contribution in [0.4, 0.5) is 0 Å². The highest BCUT2D eigenvalue weighted by Crippen LogP contribution is 2.18. The molecule has 2 amide bonds. The van der Waals surface area contributed by atoms with E-state index >= 15 is 0 Å². The van der Waals surface area contributed by atoms with Crippen molar-refractivity contribution in [1.29, 1.82) is 0 Å². The highest BCUT2D eigenvalue weighted by molar-refractivity contribution is 5.92. The van der Waals surface area contributed by atoms with E-state index in [1.165, 1.54) is 0 Å². The lowest BCUT2D eigenvalue weighted by atomic mass is 10.0. The lowest BCUT2D eigenvalue weighted by Gasteiger charge is -2.16. The molecule has 0 radical (unpaired) electrons. The Morgan fingerprint density at radius 2 is 1.69 bits per heavy atom. The number of fused-ring (bicyclic) bond motifs is 1. The maximum absolute atomic E-state index is 12.2. The number of carboxylic acids is 1. The Morgan fingerprint density at radius 1 is 1.00 bits per heavy atom. The molecule has 6 nitrogen and oxygen atoms in total. The third-order valence-electron chi connectivity index (χ3n) is 4.02. The van der Waals surface area contributed by atoms with Crippen LogP contribution in [0.5, 0.6) is 0 Å². The number of carbonyl (C=O) groups excluding carboxylic acids is 2. The Morgan fingerprint density at radius 3 is 2.38 bits per heavy atom. The fraction of sp³-hybridized carbons (Fsp3) is 0.350. The molecule has 0 heterocycles. The SMILES string of the molecule is CC(C)CC(NC(=O)CNC(=O)Cc1cccc2ccccc12)C(=O)O. The van der Waals surface area contributed by atoms with E-state index in [2.05, 4.69) is 10.6 Å². The second-order valence-electron chi connectivity index (χ2n) is 6.68. The zero-order chi connectivity index (χ0) is 19.1. The number of carbonyl (C=O) groups is 3. The number of hydrogen-bond donors (Lipinski definition) is 3. The van der Waals surface area contributed by atoms with Gasteiger partial charge < -0.3 is 15.7 Å². The predicted molar refractivity (Wildman–Crippen MR) is 99.7 cm³/mol. The average molecular weight is 356 g/mol. The van der Waals surface area contributed by atoms with Gasteiger partial charge in [0, 0.05) is 0 Å². The predicted octanol–water partition coefficient (Wildman–Crippen LogP) is 2.11. The molecule has 138 valence electrons. The molecule has 1 unspecified atom stereocenters. The number of aliphatic carboxylic acids is 1. The standard InChI is InChI=1S/C20H24N2O4/c1-13(2)10-17(20(25)26)22-19(24)12-21-18(23)11-15-8-5-7-14-6-3-4-9-16(14)15/h3-9,13,17H,10-12H2,1-2H3,(H,21,23)(H,22,24)(H,25,26).